The second-order valence-corrected chi connectivity index (χ2v) is 5.38. The first-order valence-electron chi connectivity index (χ1n) is 6.63. The number of aliphatic carboxylic acids is 1. The molecule has 21 heavy (non-hydrogen) atoms. The van der Waals surface area contributed by atoms with E-state index in [4.69, 9.17) is 9.84 Å². The molecule has 0 saturated heterocycles. The topological polar surface area (TPSA) is 87.0 Å². The van der Waals surface area contributed by atoms with E-state index in [9.17, 15) is 15.0 Å². The van der Waals surface area contributed by atoms with Crippen molar-refractivity contribution in [3.63, 3.8) is 0 Å². The van der Waals surface area contributed by atoms with Crippen LogP contribution < -0.4 is 0 Å². The van der Waals surface area contributed by atoms with Crippen molar-refractivity contribution in [1.82, 2.24) is 0 Å². The summed E-state index contributed by atoms with van der Waals surface area (Å²) in [6.07, 6.45) is 1.98. The zero-order valence-electron chi connectivity index (χ0n) is 11.7. The number of allylic oxidation sites excluding steroid dienone is 1. The molecule has 3 N–H and O–H groups in total. The molecule has 5 nitrogen and oxygen atoms in total. The van der Waals surface area contributed by atoms with Crippen LogP contribution in [0, 0.1) is 0 Å². The van der Waals surface area contributed by atoms with Gasteiger partial charge in [-0.3, -0.25) is 0 Å². The highest BCUT2D eigenvalue weighted by Crippen LogP contribution is 2.31. The van der Waals surface area contributed by atoms with E-state index >= 15 is 0 Å². The molecule has 0 fully saturated rings. The Kier molecular flexibility index (Phi) is 7.42. The summed E-state index contributed by atoms with van der Waals surface area (Å²) in [5, 5.41) is 28.7. The van der Waals surface area contributed by atoms with Crippen molar-refractivity contribution >= 4 is 21.9 Å². The summed E-state index contributed by atoms with van der Waals surface area (Å²) in [5.74, 6) is -1.01. The van der Waals surface area contributed by atoms with Crippen LogP contribution in [0.3, 0.4) is 0 Å². The summed E-state index contributed by atoms with van der Waals surface area (Å²) >= 11 is 3.29. The first-order chi connectivity index (χ1) is 9.95. The second kappa shape index (κ2) is 8.81. The quantitative estimate of drug-likeness (QED) is 0.621. The van der Waals surface area contributed by atoms with Gasteiger partial charge in [0.15, 0.2) is 0 Å². The number of hydrogen-bond donors (Lipinski definition) is 3. The Morgan fingerprint density at radius 1 is 1.48 bits per heavy atom. The number of hydrogen-bond acceptors (Lipinski definition) is 4. The van der Waals surface area contributed by atoms with Crippen LogP contribution in [-0.4, -0.2) is 34.0 Å². The van der Waals surface area contributed by atoms with Crippen LogP contribution in [0.1, 0.15) is 31.4 Å². The molecule has 1 rings (SSSR count). The van der Waals surface area contributed by atoms with Gasteiger partial charge in [-0.25, -0.2) is 4.79 Å². The Hall–Kier alpha value is -1.37. The smallest absolute Gasteiger partial charge is 0.327 e. The molecule has 0 amide bonds. The van der Waals surface area contributed by atoms with Gasteiger partial charge in [-0.1, -0.05) is 22.0 Å². The summed E-state index contributed by atoms with van der Waals surface area (Å²) in [7, 11) is 0. The number of rotatable bonds is 8. The molecule has 0 aliphatic rings. The minimum atomic E-state index is -1.01. The van der Waals surface area contributed by atoms with Gasteiger partial charge in [0.25, 0.3) is 0 Å². The lowest BCUT2D eigenvalue weighted by molar-refractivity contribution is -0.131. The third kappa shape index (κ3) is 5.87. The molecule has 0 saturated carbocycles. The fraction of sp³-hybridized carbons (Fsp3) is 0.400. The van der Waals surface area contributed by atoms with E-state index in [1.807, 2.05) is 6.92 Å². The number of aliphatic hydroxyl groups excluding tert-OH is 1. The lowest BCUT2D eigenvalue weighted by atomic mass is 9.99. The lowest BCUT2D eigenvalue weighted by Gasteiger charge is -2.23. The fourth-order valence-electron chi connectivity index (χ4n) is 1.95. The van der Waals surface area contributed by atoms with E-state index in [2.05, 4.69) is 15.9 Å². The maximum absolute atomic E-state index is 10.4. The molecule has 0 bridgehead atoms. The number of halogens is 1. The average molecular weight is 359 g/mol. The number of carboxylic acids is 1. The number of aromatic hydroxyl groups is 1. The Labute approximate surface area is 132 Å². The van der Waals surface area contributed by atoms with E-state index in [0.717, 1.165) is 10.5 Å². The van der Waals surface area contributed by atoms with E-state index in [1.54, 1.807) is 12.1 Å². The maximum Gasteiger partial charge on any atom is 0.327 e. The van der Waals surface area contributed by atoms with Crippen LogP contribution >= 0.6 is 15.9 Å². The maximum atomic E-state index is 10.4. The third-order valence-electron chi connectivity index (χ3n) is 2.92. The van der Waals surface area contributed by atoms with Crippen LogP contribution in [0.4, 0.5) is 0 Å². The molecule has 0 spiro atoms. The SMILES string of the molecule is CCO[C@@H](CC/C=C/C(=O)O)[C@@H](O)c1cc(Br)ccc1O. The number of carboxylic acid groups (broad SMARTS) is 1. The number of phenolic OH excluding ortho intramolecular Hbond substituents is 1. The molecule has 2 atom stereocenters. The zero-order chi connectivity index (χ0) is 15.8. The number of carbonyl (C=O) groups is 1. The summed E-state index contributed by atoms with van der Waals surface area (Å²) in [6.45, 7) is 2.23. The van der Waals surface area contributed by atoms with E-state index in [0.29, 0.717) is 25.0 Å². The first kappa shape index (κ1) is 17.7. The van der Waals surface area contributed by atoms with Gasteiger partial charge in [0.1, 0.15) is 11.9 Å². The zero-order valence-corrected chi connectivity index (χ0v) is 13.3. The summed E-state index contributed by atoms with van der Waals surface area (Å²) in [4.78, 5) is 10.4. The van der Waals surface area contributed by atoms with Crippen molar-refractivity contribution in [3.05, 3.63) is 40.4 Å². The molecule has 116 valence electrons. The lowest BCUT2D eigenvalue weighted by Crippen LogP contribution is -2.22. The minimum Gasteiger partial charge on any atom is -0.508 e. The Bertz CT molecular complexity index is 501. The van der Waals surface area contributed by atoms with Crippen LogP contribution in [0.2, 0.25) is 0 Å². The molecular formula is C15H19BrO5. The predicted octanol–water partition coefficient (Wildman–Crippen LogP) is 3.01. The summed E-state index contributed by atoms with van der Waals surface area (Å²) in [6, 6.07) is 4.81. The highest BCUT2D eigenvalue weighted by Gasteiger charge is 2.23. The predicted molar refractivity (Wildman–Crippen MR) is 82.2 cm³/mol. The second-order valence-electron chi connectivity index (χ2n) is 4.46. The molecule has 1 aromatic carbocycles. The molecule has 0 aliphatic carbocycles. The van der Waals surface area contributed by atoms with Gasteiger partial charge in [-0.05, 0) is 38.0 Å². The summed E-state index contributed by atoms with van der Waals surface area (Å²) < 4.78 is 6.25. The molecule has 0 heterocycles. The van der Waals surface area contributed by atoms with Crippen molar-refractivity contribution in [3.8, 4) is 5.75 Å². The number of phenols is 1. The van der Waals surface area contributed by atoms with E-state index in [1.165, 1.54) is 12.1 Å². The van der Waals surface area contributed by atoms with Crippen molar-refractivity contribution in [2.45, 2.75) is 32.0 Å². The highest BCUT2D eigenvalue weighted by atomic mass is 79.9. The van der Waals surface area contributed by atoms with Crippen LogP contribution in [0.5, 0.6) is 5.75 Å². The van der Waals surface area contributed by atoms with Gasteiger partial charge < -0.3 is 20.1 Å². The normalized spacial score (nSPS) is 14.2. The third-order valence-corrected chi connectivity index (χ3v) is 3.41. The Morgan fingerprint density at radius 2 is 2.19 bits per heavy atom. The Balaban J connectivity index is 2.78. The van der Waals surface area contributed by atoms with Gasteiger partial charge in [-0.2, -0.15) is 0 Å². The molecule has 0 aliphatic heterocycles. The molecule has 1 aromatic rings. The number of ether oxygens (including phenoxy) is 1. The number of aliphatic hydroxyl groups is 1. The summed E-state index contributed by atoms with van der Waals surface area (Å²) in [5.41, 5.74) is 0.380. The molecular weight excluding hydrogens is 340 g/mol. The van der Waals surface area contributed by atoms with Crippen molar-refractivity contribution in [1.29, 1.82) is 0 Å². The van der Waals surface area contributed by atoms with Gasteiger partial charge in [-0.15, -0.1) is 0 Å². The van der Waals surface area contributed by atoms with Crippen LogP contribution in [0.25, 0.3) is 0 Å². The molecule has 0 unspecified atom stereocenters. The van der Waals surface area contributed by atoms with Crippen molar-refractivity contribution in [2.24, 2.45) is 0 Å². The largest absolute Gasteiger partial charge is 0.508 e. The van der Waals surface area contributed by atoms with Crippen molar-refractivity contribution in [2.75, 3.05) is 6.61 Å². The fourth-order valence-corrected chi connectivity index (χ4v) is 2.33. The molecule has 6 heteroatoms. The molecule has 0 radical (unpaired) electrons. The van der Waals surface area contributed by atoms with Gasteiger partial charge in [0.2, 0.25) is 0 Å². The van der Waals surface area contributed by atoms with Gasteiger partial charge >= 0.3 is 5.97 Å². The van der Waals surface area contributed by atoms with Gasteiger partial charge in [0.05, 0.1) is 6.10 Å². The average Bonchev–Trinajstić information content (AvgIpc) is 2.44. The highest BCUT2D eigenvalue weighted by molar-refractivity contribution is 9.10. The standard InChI is InChI=1S/C15H19BrO5/c1-2-21-13(5-3-4-6-14(18)19)15(20)11-9-10(16)7-8-12(11)17/h4,6-9,13,15,17,20H,2-3,5H2,1H3,(H,18,19)/b6-4+/t13-,15-/m0/s1. The van der Waals surface area contributed by atoms with Gasteiger partial charge in [0, 0.05) is 22.7 Å². The molecule has 0 aromatic heterocycles. The van der Waals surface area contributed by atoms with Crippen LogP contribution in [0.15, 0.2) is 34.8 Å². The van der Waals surface area contributed by atoms with E-state index < -0.39 is 18.2 Å². The minimum absolute atomic E-state index is 0.00326. The first-order valence-corrected chi connectivity index (χ1v) is 7.42. The Morgan fingerprint density at radius 3 is 2.81 bits per heavy atom. The monoisotopic (exact) mass is 358 g/mol. The van der Waals surface area contributed by atoms with Crippen molar-refractivity contribution < 1.29 is 24.9 Å². The van der Waals surface area contributed by atoms with E-state index in [-0.39, 0.29) is 5.75 Å². The van der Waals surface area contributed by atoms with Crippen LogP contribution in [-0.2, 0) is 9.53 Å². The number of benzene rings is 1.